The van der Waals surface area contributed by atoms with E-state index >= 15 is 0 Å². The standard InChI is InChI=1S/C27H30N2O5/c1-26(24(31)32)16-29(17-26)23(30)27(13-7-2-8-14-27)28-25(33)34-15-22-20-11-5-3-9-18(20)19-10-4-6-12-21(19)22/h3-6,9-12,22H,2,7-8,13-17H2,1H3,(H,28,33)(H,31,32). The number of alkyl carbamates (subject to hydrolysis) is 1. The van der Waals surface area contributed by atoms with Crippen molar-refractivity contribution in [3.8, 4) is 11.1 Å². The fourth-order valence-corrected chi connectivity index (χ4v) is 5.76. The molecule has 2 fully saturated rings. The predicted octanol–water partition coefficient (Wildman–Crippen LogP) is 4.16. The number of carboxylic acids is 1. The molecule has 0 radical (unpaired) electrons. The number of benzene rings is 2. The van der Waals surface area contributed by atoms with Gasteiger partial charge in [0.1, 0.15) is 17.6 Å². The van der Waals surface area contributed by atoms with E-state index in [0.717, 1.165) is 41.5 Å². The number of carbonyl (C=O) groups is 3. The molecule has 0 bridgehead atoms. The van der Waals surface area contributed by atoms with E-state index in [-0.39, 0.29) is 31.5 Å². The Morgan fingerprint density at radius 1 is 0.971 bits per heavy atom. The first-order valence-electron chi connectivity index (χ1n) is 12.0. The third-order valence-corrected chi connectivity index (χ3v) is 7.68. The zero-order valence-corrected chi connectivity index (χ0v) is 19.4. The molecule has 2 aromatic carbocycles. The van der Waals surface area contributed by atoms with Crippen LogP contribution < -0.4 is 5.32 Å². The third-order valence-electron chi connectivity index (χ3n) is 7.68. The van der Waals surface area contributed by atoms with Gasteiger partial charge in [0.25, 0.3) is 0 Å². The van der Waals surface area contributed by atoms with Gasteiger partial charge in [-0.3, -0.25) is 9.59 Å². The highest BCUT2D eigenvalue weighted by molar-refractivity contribution is 5.92. The van der Waals surface area contributed by atoms with Crippen LogP contribution in [0, 0.1) is 5.41 Å². The number of nitrogens with zero attached hydrogens (tertiary/aromatic N) is 1. The summed E-state index contributed by atoms with van der Waals surface area (Å²) in [7, 11) is 0. The number of likely N-dealkylation sites (tertiary alicyclic amines) is 1. The van der Waals surface area contributed by atoms with Crippen LogP contribution in [-0.4, -0.2) is 53.2 Å². The molecular weight excluding hydrogens is 432 g/mol. The number of hydrogen-bond donors (Lipinski definition) is 2. The van der Waals surface area contributed by atoms with Crippen LogP contribution in [0.25, 0.3) is 11.1 Å². The second-order valence-corrected chi connectivity index (χ2v) is 10.1. The second kappa shape index (κ2) is 8.46. The molecule has 0 spiro atoms. The maximum Gasteiger partial charge on any atom is 0.408 e. The molecule has 2 amide bonds. The number of ether oxygens (including phenoxy) is 1. The summed E-state index contributed by atoms with van der Waals surface area (Å²) >= 11 is 0. The van der Waals surface area contributed by atoms with Crippen molar-refractivity contribution in [2.75, 3.05) is 19.7 Å². The summed E-state index contributed by atoms with van der Waals surface area (Å²) in [5.74, 6) is -1.15. The Morgan fingerprint density at radius 3 is 2.09 bits per heavy atom. The van der Waals surface area contributed by atoms with Gasteiger partial charge in [0.15, 0.2) is 0 Å². The first kappa shape index (κ1) is 22.4. The fourth-order valence-electron chi connectivity index (χ4n) is 5.76. The van der Waals surface area contributed by atoms with Crippen molar-refractivity contribution in [3.63, 3.8) is 0 Å². The van der Waals surface area contributed by atoms with E-state index in [1.54, 1.807) is 11.8 Å². The van der Waals surface area contributed by atoms with E-state index < -0.39 is 23.0 Å². The Morgan fingerprint density at radius 2 is 1.53 bits per heavy atom. The molecule has 5 rings (SSSR count). The van der Waals surface area contributed by atoms with Crippen LogP contribution in [0.15, 0.2) is 48.5 Å². The van der Waals surface area contributed by atoms with E-state index in [9.17, 15) is 19.5 Å². The van der Waals surface area contributed by atoms with Gasteiger partial charge >= 0.3 is 12.1 Å². The maximum absolute atomic E-state index is 13.4. The van der Waals surface area contributed by atoms with E-state index in [1.807, 2.05) is 24.3 Å². The largest absolute Gasteiger partial charge is 0.481 e. The van der Waals surface area contributed by atoms with Gasteiger partial charge in [-0.15, -0.1) is 0 Å². The molecule has 2 N–H and O–H groups in total. The molecule has 2 aliphatic carbocycles. The number of carboxylic acid groups (broad SMARTS) is 1. The van der Waals surface area contributed by atoms with Crippen molar-refractivity contribution in [1.29, 1.82) is 0 Å². The van der Waals surface area contributed by atoms with E-state index in [0.29, 0.717) is 12.8 Å². The highest BCUT2D eigenvalue weighted by Gasteiger charge is 2.53. The average molecular weight is 463 g/mol. The zero-order valence-electron chi connectivity index (χ0n) is 19.4. The molecule has 1 saturated carbocycles. The van der Waals surface area contributed by atoms with Gasteiger partial charge in [0.2, 0.25) is 5.91 Å². The molecule has 34 heavy (non-hydrogen) atoms. The zero-order chi connectivity index (χ0) is 23.9. The SMILES string of the molecule is CC1(C(=O)O)CN(C(=O)C2(NC(=O)OCC3c4ccccc4-c4ccccc43)CCCCC2)C1. The minimum absolute atomic E-state index is 0.0530. The minimum Gasteiger partial charge on any atom is -0.481 e. The highest BCUT2D eigenvalue weighted by atomic mass is 16.5. The number of aliphatic carboxylic acids is 1. The quantitative estimate of drug-likeness (QED) is 0.696. The van der Waals surface area contributed by atoms with Gasteiger partial charge < -0.3 is 20.1 Å². The molecular formula is C27H30N2O5. The van der Waals surface area contributed by atoms with Crippen LogP contribution in [0.2, 0.25) is 0 Å². The smallest absolute Gasteiger partial charge is 0.408 e. The van der Waals surface area contributed by atoms with Gasteiger partial charge in [-0.2, -0.15) is 0 Å². The molecule has 1 saturated heterocycles. The fraction of sp³-hybridized carbons (Fsp3) is 0.444. The molecule has 178 valence electrons. The molecule has 0 aromatic heterocycles. The van der Waals surface area contributed by atoms with Gasteiger partial charge in [-0.05, 0) is 42.0 Å². The first-order chi connectivity index (χ1) is 16.3. The number of hydrogen-bond acceptors (Lipinski definition) is 4. The number of fused-ring (bicyclic) bond motifs is 3. The molecule has 3 aliphatic rings. The molecule has 7 nitrogen and oxygen atoms in total. The van der Waals surface area contributed by atoms with Crippen molar-refractivity contribution < 1.29 is 24.2 Å². The Hall–Kier alpha value is -3.35. The lowest BCUT2D eigenvalue weighted by Crippen LogP contribution is -2.68. The number of carbonyl (C=O) groups excluding carboxylic acids is 2. The Labute approximate surface area is 199 Å². The van der Waals surface area contributed by atoms with Crippen molar-refractivity contribution in [1.82, 2.24) is 10.2 Å². The van der Waals surface area contributed by atoms with Crippen LogP contribution in [0.5, 0.6) is 0 Å². The normalized spacial score (nSPS) is 20.0. The lowest BCUT2D eigenvalue weighted by Gasteiger charge is -2.49. The monoisotopic (exact) mass is 462 g/mol. The van der Waals surface area contributed by atoms with Gasteiger partial charge in [-0.25, -0.2) is 4.79 Å². The minimum atomic E-state index is -1.03. The van der Waals surface area contributed by atoms with Gasteiger partial charge in [-0.1, -0.05) is 67.8 Å². The first-order valence-corrected chi connectivity index (χ1v) is 12.0. The van der Waals surface area contributed by atoms with Crippen molar-refractivity contribution >= 4 is 18.0 Å². The van der Waals surface area contributed by atoms with Crippen LogP contribution >= 0.6 is 0 Å². The van der Waals surface area contributed by atoms with Crippen LogP contribution in [0.3, 0.4) is 0 Å². The Bertz CT molecular complexity index is 1090. The lowest BCUT2D eigenvalue weighted by molar-refractivity contribution is -0.167. The number of nitrogens with one attached hydrogen (secondary N) is 1. The summed E-state index contributed by atoms with van der Waals surface area (Å²) in [6, 6.07) is 16.3. The third kappa shape index (κ3) is 3.73. The second-order valence-electron chi connectivity index (χ2n) is 10.1. The van der Waals surface area contributed by atoms with E-state index in [4.69, 9.17) is 4.74 Å². The summed E-state index contributed by atoms with van der Waals surface area (Å²) in [6.07, 6.45) is 3.15. The van der Waals surface area contributed by atoms with Crippen LogP contribution in [-0.2, 0) is 14.3 Å². The molecule has 0 unspecified atom stereocenters. The molecule has 1 heterocycles. The van der Waals surface area contributed by atoms with E-state index in [1.165, 1.54) is 0 Å². The summed E-state index contributed by atoms with van der Waals surface area (Å²) in [4.78, 5) is 39.4. The summed E-state index contributed by atoms with van der Waals surface area (Å²) < 4.78 is 5.71. The Balaban J connectivity index is 1.28. The average Bonchev–Trinajstić information content (AvgIpc) is 3.14. The topological polar surface area (TPSA) is 95.9 Å². The molecule has 7 heteroatoms. The number of rotatable bonds is 5. The molecule has 0 atom stereocenters. The summed E-state index contributed by atoms with van der Waals surface area (Å²) in [5, 5.41) is 12.3. The Kier molecular flexibility index (Phi) is 5.58. The molecule has 2 aromatic rings. The number of amides is 2. The van der Waals surface area contributed by atoms with Crippen LogP contribution in [0.4, 0.5) is 4.79 Å². The van der Waals surface area contributed by atoms with Gasteiger partial charge in [0, 0.05) is 19.0 Å². The highest BCUT2D eigenvalue weighted by Crippen LogP contribution is 2.44. The van der Waals surface area contributed by atoms with Crippen molar-refractivity contribution in [2.45, 2.75) is 50.5 Å². The van der Waals surface area contributed by atoms with Gasteiger partial charge in [0.05, 0.1) is 0 Å². The maximum atomic E-state index is 13.4. The van der Waals surface area contributed by atoms with Crippen molar-refractivity contribution in [2.24, 2.45) is 5.41 Å². The summed E-state index contributed by atoms with van der Waals surface area (Å²) in [5.41, 5.74) is 2.63. The predicted molar refractivity (Wildman–Crippen MR) is 126 cm³/mol. The van der Waals surface area contributed by atoms with Crippen molar-refractivity contribution in [3.05, 3.63) is 59.7 Å². The lowest BCUT2D eigenvalue weighted by atomic mass is 9.76. The van der Waals surface area contributed by atoms with E-state index in [2.05, 4.69) is 29.6 Å². The summed E-state index contributed by atoms with van der Waals surface area (Å²) in [6.45, 7) is 2.15. The molecule has 1 aliphatic heterocycles. The van der Waals surface area contributed by atoms with Crippen LogP contribution in [0.1, 0.15) is 56.1 Å².